The minimum absolute atomic E-state index is 0.00574. The summed E-state index contributed by atoms with van der Waals surface area (Å²) in [4.78, 5) is 25.2. The fourth-order valence-electron chi connectivity index (χ4n) is 1.83. The highest BCUT2D eigenvalue weighted by atomic mass is 16.3. The van der Waals surface area contributed by atoms with E-state index >= 15 is 0 Å². The Morgan fingerprint density at radius 1 is 1.50 bits per heavy atom. The Hall–Kier alpha value is -1.82. The first kappa shape index (κ1) is 16.2. The van der Waals surface area contributed by atoms with Gasteiger partial charge in [-0.25, -0.2) is 0 Å². The van der Waals surface area contributed by atoms with Gasteiger partial charge in [0, 0.05) is 19.2 Å². The second-order valence-electron chi connectivity index (χ2n) is 5.07. The van der Waals surface area contributed by atoms with Gasteiger partial charge in [-0.3, -0.25) is 9.59 Å². The van der Waals surface area contributed by atoms with Gasteiger partial charge >= 0.3 is 0 Å². The first-order chi connectivity index (χ1) is 9.41. The van der Waals surface area contributed by atoms with Crippen LogP contribution >= 0.6 is 0 Å². The number of aliphatic hydroxyl groups is 1. The van der Waals surface area contributed by atoms with Crippen LogP contribution in [0.4, 0.5) is 0 Å². The van der Waals surface area contributed by atoms with E-state index in [0.717, 1.165) is 0 Å². The third-order valence-corrected chi connectivity index (χ3v) is 3.34. The lowest BCUT2D eigenvalue weighted by Gasteiger charge is -2.30. The summed E-state index contributed by atoms with van der Waals surface area (Å²) in [6.07, 6.45) is 2.59. The summed E-state index contributed by atoms with van der Waals surface area (Å²) in [5.41, 5.74) is -0.458. The van der Waals surface area contributed by atoms with E-state index in [4.69, 9.17) is 9.52 Å². The Labute approximate surface area is 118 Å². The molecule has 6 heteroatoms. The average molecular weight is 282 g/mol. The van der Waals surface area contributed by atoms with E-state index < -0.39 is 5.54 Å². The molecule has 0 aliphatic rings. The number of furan rings is 1. The zero-order valence-electron chi connectivity index (χ0n) is 12.2. The van der Waals surface area contributed by atoms with E-state index in [9.17, 15) is 9.59 Å². The fraction of sp³-hybridized carbons (Fsp3) is 0.571. The van der Waals surface area contributed by atoms with E-state index in [0.29, 0.717) is 12.8 Å². The molecular formula is C14H22N2O4. The number of carbonyl (C=O) groups excluding carboxylic acids is 2. The lowest BCUT2D eigenvalue weighted by Crippen LogP contribution is -2.50. The molecule has 0 bridgehead atoms. The number of nitrogens with one attached hydrogen (secondary N) is 1. The monoisotopic (exact) mass is 282 g/mol. The van der Waals surface area contributed by atoms with Crippen molar-refractivity contribution in [3.8, 4) is 0 Å². The number of likely N-dealkylation sites (N-methyl/N-ethyl adjacent to an activating group) is 1. The molecule has 0 radical (unpaired) electrons. The van der Waals surface area contributed by atoms with Crippen molar-refractivity contribution in [2.24, 2.45) is 0 Å². The lowest BCUT2D eigenvalue weighted by molar-refractivity contribution is -0.123. The van der Waals surface area contributed by atoms with Crippen molar-refractivity contribution < 1.29 is 19.1 Å². The molecule has 1 rings (SSSR count). The molecule has 0 spiro atoms. The molecule has 112 valence electrons. The molecule has 2 amide bonds. The topological polar surface area (TPSA) is 82.8 Å². The van der Waals surface area contributed by atoms with Gasteiger partial charge in [0.25, 0.3) is 5.91 Å². The van der Waals surface area contributed by atoms with Crippen LogP contribution in [0.5, 0.6) is 0 Å². The van der Waals surface area contributed by atoms with Crippen molar-refractivity contribution in [1.82, 2.24) is 10.2 Å². The molecule has 0 saturated heterocycles. The van der Waals surface area contributed by atoms with Crippen molar-refractivity contribution in [3.05, 3.63) is 24.2 Å². The molecular weight excluding hydrogens is 260 g/mol. The normalized spacial score (nSPS) is 13.6. The Balaban J connectivity index is 2.55. The standard InChI is InChI=1S/C14H22N2O4/c1-4-14(2,7-8-17)15-12(18)10-16(3)13(19)11-6-5-9-20-11/h5-6,9,17H,4,7-8,10H2,1-3H3,(H,15,18). The molecule has 1 aromatic heterocycles. The van der Waals surface area contributed by atoms with Gasteiger partial charge in [0.15, 0.2) is 5.76 Å². The maximum atomic E-state index is 12.0. The third kappa shape index (κ3) is 4.38. The molecule has 0 aliphatic heterocycles. The van der Waals surface area contributed by atoms with E-state index in [1.54, 1.807) is 19.2 Å². The lowest BCUT2D eigenvalue weighted by atomic mass is 9.95. The second kappa shape index (κ2) is 7.09. The highest BCUT2D eigenvalue weighted by Crippen LogP contribution is 2.13. The van der Waals surface area contributed by atoms with Gasteiger partial charge in [-0.05, 0) is 31.9 Å². The molecule has 0 aliphatic carbocycles. The second-order valence-corrected chi connectivity index (χ2v) is 5.07. The van der Waals surface area contributed by atoms with Crippen LogP contribution in [-0.4, -0.2) is 47.6 Å². The van der Waals surface area contributed by atoms with E-state index in [1.165, 1.54) is 11.2 Å². The van der Waals surface area contributed by atoms with Crippen LogP contribution in [0.25, 0.3) is 0 Å². The van der Waals surface area contributed by atoms with Gasteiger partial charge in [-0.2, -0.15) is 0 Å². The molecule has 0 aromatic carbocycles. The van der Waals surface area contributed by atoms with Crippen molar-refractivity contribution in [2.45, 2.75) is 32.2 Å². The van der Waals surface area contributed by atoms with Gasteiger partial charge in [-0.15, -0.1) is 0 Å². The number of hydrogen-bond acceptors (Lipinski definition) is 4. The highest BCUT2D eigenvalue weighted by Gasteiger charge is 2.25. The minimum atomic E-state index is -0.458. The molecule has 0 fully saturated rings. The van der Waals surface area contributed by atoms with Crippen LogP contribution in [0.2, 0.25) is 0 Å². The van der Waals surface area contributed by atoms with Crippen LogP contribution in [0, 0.1) is 0 Å². The predicted octanol–water partition coefficient (Wildman–Crippen LogP) is 1.02. The summed E-state index contributed by atoms with van der Waals surface area (Å²) in [7, 11) is 1.54. The van der Waals surface area contributed by atoms with E-state index in [-0.39, 0.29) is 30.7 Å². The molecule has 20 heavy (non-hydrogen) atoms. The van der Waals surface area contributed by atoms with Crippen LogP contribution in [0.3, 0.4) is 0 Å². The highest BCUT2D eigenvalue weighted by molar-refractivity contribution is 5.94. The van der Waals surface area contributed by atoms with Crippen molar-refractivity contribution in [1.29, 1.82) is 0 Å². The zero-order valence-corrected chi connectivity index (χ0v) is 12.2. The van der Waals surface area contributed by atoms with Crippen LogP contribution in [-0.2, 0) is 4.79 Å². The van der Waals surface area contributed by atoms with E-state index in [2.05, 4.69) is 5.32 Å². The molecule has 1 atom stereocenters. The summed E-state index contributed by atoms with van der Waals surface area (Å²) < 4.78 is 5.00. The zero-order chi connectivity index (χ0) is 15.2. The average Bonchev–Trinajstić information content (AvgIpc) is 2.91. The first-order valence-electron chi connectivity index (χ1n) is 6.62. The van der Waals surface area contributed by atoms with Crippen molar-refractivity contribution >= 4 is 11.8 Å². The Bertz CT molecular complexity index is 444. The molecule has 6 nitrogen and oxygen atoms in total. The van der Waals surface area contributed by atoms with Crippen molar-refractivity contribution in [3.63, 3.8) is 0 Å². The Morgan fingerprint density at radius 2 is 2.20 bits per heavy atom. The van der Waals surface area contributed by atoms with Gasteiger partial charge in [0.2, 0.25) is 5.91 Å². The predicted molar refractivity (Wildman–Crippen MR) is 74.2 cm³/mol. The Kier molecular flexibility index (Phi) is 5.76. The number of rotatable bonds is 7. The number of amides is 2. The van der Waals surface area contributed by atoms with Crippen LogP contribution < -0.4 is 5.32 Å². The van der Waals surface area contributed by atoms with Crippen LogP contribution in [0.15, 0.2) is 22.8 Å². The van der Waals surface area contributed by atoms with Crippen LogP contribution in [0.1, 0.15) is 37.2 Å². The number of carbonyl (C=O) groups is 2. The maximum absolute atomic E-state index is 12.0. The number of aliphatic hydroxyl groups excluding tert-OH is 1. The largest absolute Gasteiger partial charge is 0.459 e. The third-order valence-electron chi connectivity index (χ3n) is 3.34. The van der Waals surface area contributed by atoms with Gasteiger partial charge in [0.1, 0.15) is 0 Å². The summed E-state index contributed by atoms with van der Waals surface area (Å²) in [6.45, 7) is 3.76. The van der Waals surface area contributed by atoms with Gasteiger partial charge < -0.3 is 19.7 Å². The summed E-state index contributed by atoms with van der Waals surface area (Å²) in [5.74, 6) is -0.398. The summed E-state index contributed by atoms with van der Waals surface area (Å²) >= 11 is 0. The SMILES string of the molecule is CCC(C)(CCO)NC(=O)CN(C)C(=O)c1ccco1. The smallest absolute Gasteiger partial charge is 0.289 e. The van der Waals surface area contributed by atoms with Gasteiger partial charge in [0.05, 0.1) is 12.8 Å². The van der Waals surface area contributed by atoms with E-state index in [1.807, 2.05) is 13.8 Å². The maximum Gasteiger partial charge on any atom is 0.289 e. The quantitative estimate of drug-likeness (QED) is 0.782. The molecule has 0 saturated carbocycles. The first-order valence-corrected chi connectivity index (χ1v) is 6.62. The number of hydrogen-bond donors (Lipinski definition) is 2. The summed E-state index contributed by atoms with van der Waals surface area (Å²) in [5, 5.41) is 11.9. The molecule has 2 N–H and O–H groups in total. The molecule has 1 heterocycles. The Morgan fingerprint density at radius 3 is 2.70 bits per heavy atom. The van der Waals surface area contributed by atoms with Crippen molar-refractivity contribution in [2.75, 3.05) is 20.2 Å². The fourth-order valence-corrected chi connectivity index (χ4v) is 1.83. The minimum Gasteiger partial charge on any atom is -0.459 e. The number of nitrogens with zero attached hydrogens (tertiary/aromatic N) is 1. The molecule has 1 aromatic rings. The summed E-state index contributed by atoms with van der Waals surface area (Å²) in [6, 6.07) is 3.18. The van der Waals surface area contributed by atoms with Gasteiger partial charge in [-0.1, -0.05) is 6.92 Å². The molecule has 1 unspecified atom stereocenters.